The molecule has 0 spiro atoms. The van der Waals surface area contributed by atoms with Crippen molar-refractivity contribution in [3.63, 3.8) is 0 Å². The van der Waals surface area contributed by atoms with Crippen LogP contribution >= 0.6 is 11.8 Å². The van der Waals surface area contributed by atoms with E-state index in [1.54, 1.807) is 0 Å². The first-order valence-electron chi connectivity index (χ1n) is 6.19. The zero-order chi connectivity index (χ0) is 12.7. The van der Waals surface area contributed by atoms with Crippen LogP contribution in [0.5, 0.6) is 0 Å². The lowest BCUT2D eigenvalue weighted by Gasteiger charge is -2.10. The third-order valence-corrected chi connectivity index (χ3v) is 4.83. The molecule has 2 aromatic rings. The molecule has 3 nitrogen and oxygen atoms in total. The monoisotopic (exact) mass is 259 g/mol. The highest BCUT2D eigenvalue weighted by molar-refractivity contribution is 8.00. The number of aromatic nitrogens is 2. The summed E-state index contributed by atoms with van der Waals surface area (Å²) in [6.07, 6.45) is 1.12. The van der Waals surface area contributed by atoms with E-state index in [9.17, 15) is 0 Å². The van der Waals surface area contributed by atoms with Gasteiger partial charge in [0.1, 0.15) is 0 Å². The molecule has 94 valence electrons. The smallest absolute Gasteiger partial charge is 0.0825 e. The second kappa shape index (κ2) is 4.35. The molecular weight excluding hydrogens is 242 g/mol. The van der Waals surface area contributed by atoms with Gasteiger partial charge in [0, 0.05) is 10.1 Å². The number of anilines is 1. The average Bonchev–Trinajstić information content (AvgIpc) is 2.87. The van der Waals surface area contributed by atoms with Crippen LogP contribution in [0.25, 0.3) is 0 Å². The molecule has 1 atom stereocenters. The minimum Gasteiger partial charge on any atom is -0.396 e. The summed E-state index contributed by atoms with van der Waals surface area (Å²) in [5.41, 5.74) is 10.3. The van der Waals surface area contributed by atoms with Crippen molar-refractivity contribution in [1.29, 1.82) is 0 Å². The summed E-state index contributed by atoms with van der Waals surface area (Å²) in [7, 11) is 0. The van der Waals surface area contributed by atoms with E-state index in [1.807, 2.05) is 30.3 Å². The number of nitrogens with two attached hydrogens (primary N) is 1. The summed E-state index contributed by atoms with van der Waals surface area (Å²) in [4.78, 5) is 1.41. The highest BCUT2D eigenvalue weighted by atomic mass is 32.2. The molecule has 18 heavy (non-hydrogen) atoms. The molecule has 2 heterocycles. The molecule has 1 aromatic heterocycles. The molecule has 0 fully saturated rings. The van der Waals surface area contributed by atoms with Gasteiger partial charge in [0.25, 0.3) is 0 Å². The van der Waals surface area contributed by atoms with Crippen LogP contribution in [-0.4, -0.2) is 15.0 Å². The Morgan fingerprint density at radius 3 is 2.83 bits per heavy atom. The Bertz CT molecular complexity index is 564. The van der Waals surface area contributed by atoms with Crippen LogP contribution in [0.1, 0.15) is 17.0 Å². The van der Waals surface area contributed by atoms with Gasteiger partial charge in [-0.1, -0.05) is 18.2 Å². The molecule has 0 radical (unpaired) electrons. The number of nitrogens with zero attached hydrogens (tertiary/aromatic N) is 2. The first-order chi connectivity index (χ1) is 8.65. The first kappa shape index (κ1) is 11.7. The predicted molar refractivity (Wildman–Crippen MR) is 75.9 cm³/mol. The number of hydrogen-bond acceptors (Lipinski definition) is 3. The van der Waals surface area contributed by atoms with Crippen LogP contribution in [0.2, 0.25) is 0 Å². The Morgan fingerprint density at radius 1 is 1.39 bits per heavy atom. The molecular formula is C14H17N3S. The molecule has 0 aliphatic carbocycles. The third kappa shape index (κ3) is 1.90. The summed E-state index contributed by atoms with van der Waals surface area (Å²) >= 11 is 1.95. The van der Waals surface area contributed by atoms with E-state index in [1.165, 1.54) is 10.5 Å². The van der Waals surface area contributed by atoms with Crippen LogP contribution in [-0.2, 0) is 13.0 Å². The zero-order valence-electron chi connectivity index (χ0n) is 10.7. The molecule has 3 rings (SSSR count). The molecule has 1 aliphatic heterocycles. The second-order valence-corrected chi connectivity index (χ2v) is 6.16. The zero-order valence-corrected chi connectivity index (χ0v) is 11.5. The minimum atomic E-state index is 0.569. The molecule has 0 bridgehead atoms. The van der Waals surface area contributed by atoms with E-state index in [0.29, 0.717) is 5.25 Å². The van der Waals surface area contributed by atoms with Gasteiger partial charge in [-0.05, 0) is 31.9 Å². The van der Waals surface area contributed by atoms with E-state index in [2.05, 4.69) is 29.4 Å². The molecule has 0 saturated heterocycles. The average molecular weight is 259 g/mol. The largest absolute Gasteiger partial charge is 0.396 e. The maximum atomic E-state index is 5.97. The van der Waals surface area contributed by atoms with Gasteiger partial charge in [-0.2, -0.15) is 5.10 Å². The van der Waals surface area contributed by atoms with Crippen LogP contribution in [0.15, 0.2) is 29.2 Å². The number of thioether (sulfide) groups is 1. The lowest BCUT2D eigenvalue weighted by molar-refractivity contribution is 0.577. The SMILES string of the molecule is Cc1nn(CC2Cc3ccccc3S2)c(C)c1N. The van der Waals surface area contributed by atoms with E-state index in [0.717, 1.165) is 30.0 Å². The molecule has 4 heteroatoms. The normalized spacial score (nSPS) is 18.0. The van der Waals surface area contributed by atoms with E-state index in [4.69, 9.17) is 5.73 Å². The van der Waals surface area contributed by atoms with Crippen molar-refractivity contribution in [3.05, 3.63) is 41.2 Å². The highest BCUT2D eigenvalue weighted by Gasteiger charge is 2.23. The molecule has 1 aliphatic rings. The van der Waals surface area contributed by atoms with Crippen LogP contribution < -0.4 is 5.73 Å². The van der Waals surface area contributed by atoms with E-state index in [-0.39, 0.29) is 0 Å². The number of hydrogen-bond donors (Lipinski definition) is 1. The van der Waals surface area contributed by atoms with Gasteiger partial charge < -0.3 is 5.73 Å². The number of benzene rings is 1. The fraction of sp³-hybridized carbons (Fsp3) is 0.357. The third-order valence-electron chi connectivity index (χ3n) is 3.53. The van der Waals surface area contributed by atoms with E-state index >= 15 is 0 Å². The lowest BCUT2D eigenvalue weighted by Crippen LogP contribution is -2.14. The summed E-state index contributed by atoms with van der Waals surface area (Å²) in [6, 6.07) is 8.64. The van der Waals surface area contributed by atoms with Gasteiger partial charge in [-0.25, -0.2) is 0 Å². The maximum absolute atomic E-state index is 5.97. The number of aryl methyl sites for hydroxylation is 1. The highest BCUT2D eigenvalue weighted by Crippen LogP contribution is 2.37. The van der Waals surface area contributed by atoms with Gasteiger partial charge in [-0.3, -0.25) is 4.68 Å². The fourth-order valence-electron chi connectivity index (χ4n) is 2.44. The summed E-state index contributed by atoms with van der Waals surface area (Å²) in [6.45, 7) is 4.95. The Hall–Kier alpha value is -1.42. The van der Waals surface area contributed by atoms with Crippen molar-refractivity contribution < 1.29 is 0 Å². The lowest BCUT2D eigenvalue weighted by atomic mass is 10.1. The number of fused-ring (bicyclic) bond motifs is 1. The molecule has 0 amide bonds. The van der Waals surface area contributed by atoms with Crippen LogP contribution in [0.3, 0.4) is 0 Å². The molecule has 1 aromatic carbocycles. The van der Waals surface area contributed by atoms with Gasteiger partial charge >= 0.3 is 0 Å². The van der Waals surface area contributed by atoms with Crippen molar-refractivity contribution in [3.8, 4) is 0 Å². The quantitative estimate of drug-likeness (QED) is 0.902. The summed E-state index contributed by atoms with van der Waals surface area (Å²) in [5.74, 6) is 0. The Balaban J connectivity index is 1.78. The minimum absolute atomic E-state index is 0.569. The van der Waals surface area contributed by atoms with Gasteiger partial charge in [-0.15, -0.1) is 11.8 Å². The number of nitrogen functional groups attached to an aromatic ring is 1. The molecule has 1 unspecified atom stereocenters. The van der Waals surface area contributed by atoms with Crippen LogP contribution in [0.4, 0.5) is 5.69 Å². The van der Waals surface area contributed by atoms with Gasteiger partial charge in [0.15, 0.2) is 0 Å². The number of rotatable bonds is 2. The van der Waals surface area contributed by atoms with E-state index < -0.39 is 0 Å². The second-order valence-electron chi connectivity index (χ2n) is 4.82. The molecule has 2 N–H and O–H groups in total. The summed E-state index contributed by atoms with van der Waals surface area (Å²) < 4.78 is 2.05. The van der Waals surface area contributed by atoms with Crippen molar-refractivity contribution in [2.75, 3.05) is 5.73 Å². The Morgan fingerprint density at radius 2 is 2.17 bits per heavy atom. The van der Waals surface area contributed by atoms with Crippen LogP contribution in [0, 0.1) is 13.8 Å². The van der Waals surface area contributed by atoms with Crippen molar-refractivity contribution in [2.45, 2.75) is 37.0 Å². The van der Waals surface area contributed by atoms with Crippen molar-refractivity contribution >= 4 is 17.4 Å². The van der Waals surface area contributed by atoms with Gasteiger partial charge in [0.2, 0.25) is 0 Å². The van der Waals surface area contributed by atoms with Gasteiger partial charge in [0.05, 0.1) is 23.6 Å². The van der Waals surface area contributed by atoms with Crippen molar-refractivity contribution in [2.24, 2.45) is 0 Å². The first-order valence-corrected chi connectivity index (χ1v) is 7.07. The van der Waals surface area contributed by atoms with Crippen molar-refractivity contribution in [1.82, 2.24) is 9.78 Å². The topological polar surface area (TPSA) is 43.8 Å². The Labute approximate surface area is 111 Å². The predicted octanol–water partition coefficient (Wildman–Crippen LogP) is 2.80. The maximum Gasteiger partial charge on any atom is 0.0825 e. The fourth-order valence-corrected chi connectivity index (χ4v) is 3.73. The molecule has 0 saturated carbocycles. The standard InChI is InChI=1S/C14H17N3S/c1-9-14(15)10(2)17(16-9)8-12-7-11-5-3-4-6-13(11)18-12/h3-6,12H,7-8,15H2,1-2H3. The summed E-state index contributed by atoms with van der Waals surface area (Å²) in [5, 5.41) is 5.08. The Kier molecular flexibility index (Phi) is 2.82.